The summed E-state index contributed by atoms with van der Waals surface area (Å²) in [7, 11) is -0.633. The summed E-state index contributed by atoms with van der Waals surface area (Å²) >= 11 is 0. The van der Waals surface area contributed by atoms with E-state index in [2.05, 4.69) is 18.2 Å². The minimum Gasteiger partial charge on any atom is -0.314 e. The number of aromatic nitrogens is 1. The van der Waals surface area contributed by atoms with Gasteiger partial charge in [-0.25, -0.2) is 4.57 Å². The van der Waals surface area contributed by atoms with Crippen molar-refractivity contribution in [2.24, 2.45) is 0 Å². The van der Waals surface area contributed by atoms with Crippen LogP contribution in [0, 0.1) is 11.6 Å². The van der Waals surface area contributed by atoms with Crippen molar-refractivity contribution < 1.29 is 13.6 Å². The zero-order valence-corrected chi connectivity index (χ0v) is 12.2. The Kier molecular flexibility index (Phi) is 4.31. The van der Waals surface area contributed by atoms with Gasteiger partial charge in [-0.3, -0.25) is 0 Å². The summed E-state index contributed by atoms with van der Waals surface area (Å²) in [5, 5.41) is 0. The third kappa shape index (κ3) is 2.84. The van der Waals surface area contributed by atoms with Gasteiger partial charge in [0.1, 0.15) is 0 Å². The van der Waals surface area contributed by atoms with Crippen LogP contribution in [0.3, 0.4) is 0 Å². The van der Waals surface area contributed by atoms with Gasteiger partial charge in [-0.1, -0.05) is 6.58 Å². The van der Waals surface area contributed by atoms with Crippen molar-refractivity contribution >= 4 is 13.8 Å². The largest absolute Gasteiger partial charge is 0.405 e. The molecule has 0 atom stereocenters. The smallest absolute Gasteiger partial charge is 0.314 e. The molecule has 1 aromatic heterocycles. The fourth-order valence-electron chi connectivity index (χ4n) is 2.32. The zero-order chi connectivity index (χ0) is 13.9. The highest BCUT2D eigenvalue weighted by molar-refractivity contribution is 7.59. The van der Waals surface area contributed by atoms with Crippen LogP contribution in [0.4, 0.5) is 0 Å². The van der Waals surface area contributed by atoms with Gasteiger partial charge in [-0.15, -0.1) is 0 Å². The van der Waals surface area contributed by atoms with Gasteiger partial charge in [0.25, 0.3) is 0 Å². The first-order chi connectivity index (χ1) is 9.13. The van der Waals surface area contributed by atoms with Crippen molar-refractivity contribution in [3.63, 3.8) is 0 Å². The Morgan fingerprint density at radius 1 is 1.37 bits per heavy atom. The number of hydrogen-bond acceptors (Lipinski definition) is 3. The Hall–Kier alpha value is -1.27. The quantitative estimate of drug-likeness (QED) is 0.630. The second-order valence-electron chi connectivity index (χ2n) is 4.36. The van der Waals surface area contributed by atoms with E-state index >= 15 is 0 Å². The molecule has 0 saturated heterocycles. The summed E-state index contributed by atoms with van der Waals surface area (Å²) in [5.74, 6) is 2.89. The van der Waals surface area contributed by atoms with Crippen LogP contribution < -0.4 is 0 Å². The van der Waals surface area contributed by atoms with Crippen LogP contribution in [-0.4, -0.2) is 18.8 Å². The number of nitrogens with zero attached hydrogens (tertiary/aromatic N) is 1. The summed E-state index contributed by atoms with van der Waals surface area (Å²) in [5.41, 5.74) is 5.94. The van der Waals surface area contributed by atoms with E-state index in [0.717, 1.165) is 18.5 Å². The van der Waals surface area contributed by atoms with Gasteiger partial charge in [-0.2, -0.15) is 0 Å². The second kappa shape index (κ2) is 5.79. The molecule has 102 valence electrons. The van der Waals surface area contributed by atoms with Crippen LogP contribution in [0.5, 0.6) is 0 Å². The molecule has 0 fully saturated rings. The first-order valence-electron chi connectivity index (χ1n) is 6.24. The molecule has 0 radical (unpaired) electrons. The van der Waals surface area contributed by atoms with Crippen LogP contribution in [0.1, 0.15) is 29.8 Å². The highest BCUT2D eigenvalue weighted by atomic mass is 31.2. The molecule has 19 heavy (non-hydrogen) atoms. The number of rotatable bonds is 3. The SMILES string of the molecule is C=Cn1c(C#CP(=O)(OC)OC)cc2c1CCCC2. The van der Waals surface area contributed by atoms with Gasteiger partial charge in [-0.05, 0) is 43.2 Å². The summed E-state index contributed by atoms with van der Waals surface area (Å²) in [6, 6.07) is 2.04. The topological polar surface area (TPSA) is 40.5 Å². The third-order valence-corrected chi connectivity index (χ3v) is 4.67. The number of fused-ring (bicyclic) bond motifs is 1. The Morgan fingerprint density at radius 2 is 2.05 bits per heavy atom. The zero-order valence-electron chi connectivity index (χ0n) is 11.3. The molecule has 1 heterocycles. The molecular formula is C14H18NO3P. The molecule has 1 aliphatic carbocycles. The van der Waals surface area contributed by atoms with Crippen molar-refractivity contribution in [1.29, 1.82) is 0 Å². The van der Waals surface area contributed by atoms with Crippen LogP contribution in [0.15, 0.2) is 12.6 Å². The van der Waals surface area contributed by atoms with E-state index in [1.54, 1.807) is 6.20 Å². The molecule has 0 aliphatic heterocycles. The maximum absolute atomic E-state index is 11.9. The fraction of sp³-hybridized carbons (Fsp3) is 0.429. The Labute approximate surface area is 113 Å². The van der Waals surface area contributed by atoms with Gasteiger partial charge < -0.3 is 13.6 Å². The van der Waals surface area contributed by atoms with Gasteiger partial charge in [0, 0.05) is 31.8 Å². The highest BCUT2D eigenvalue weighted by Crippen LogP contribution is 2.44. The maximum Gasteiger partial charge on any atom is 0.405 e. The van der Waals surface area contributed by atoms with Crippen molar-refractivity contribution in [1.82, 2.24) is 4.57 Å². The lowest BCUT2D eigenvalue weighted by Gasteiger charge is -2.13. The molecule has 0 bridgehead atoms. The molecule has 0 amide bonds. The highest BCUT2D eigenvalue weighted by Gasteiger charge is 2.19. The molecule has 2 rings (SSSR count). The van der Waals surface area contributed by atoms with Crippen molar-refractivity contribution in [3.05, 3.63) is 29.6 Å². The Balaban J connectivity index is 2.41. The van der Waals surface area contributed by atoms with E-state index in [1.807, 2.05) is 10.6 Å². The summed E-state index contributed by atoms with van der Waals surface area (Å²) < 4.78 is 23.5. The van der Waals surface area contributed by atoms with E-state index in [4.69, 9.17) is 9.05 Å². The van der Waals surface area contributed by atoms with Crippen molar-refractivity contribution in [3.8, 4) is 11.6 Å². The maximum atomic E-state index is 11.9. The van der Waals surface area contributed by atoms with E-state index in [0.29, 0.717) is 0 Å². The molecule has 0 spiro atoms. The van der Waals surface area contributed by atoms with Crippen molar-refractivity contribution in [2.45, 2.75) is 25.7 Å². The average molecular weight is 279 g/mol. The second-order valence-corrected chi connectivity index (χ2v) is 6.31. The molecule has 1 aliphatic rings. The van der Waals surface area contributed by atoms with Crippen LogP contribution in [-0.2, 0) is 26.5 Å². The minimum absolute atomic E-state index is 0.788. The van der Waals surface area contributed by atoms with Gasteiger partial charge in [0.05, 0.1) is 5.69 Å². The summed E-state index contributed by atoms with van der Waals surface area (Å²) in [6.45, 7) is 3.82. The average Bonchev–Trinajstić information content (AvgIpc) is 2.82. The lowest BCUT2D eigenvalue weighted by Crippen LogP contribution is -2.04. The first kappa shape index (κ1) is 14.1. The summed E-state index contributed by atoms with van der Waals surface area (Å²) in [6.07, 6.45) is 6.24. The lowest BCUT2D eigenvalue weighted by atomic mass is 9.98. The molecule has 0 unspecified atom stereocenters. The van der Waals surface area contributed by atoms with E-state index in [-0.39, 0.29) is 0 Å². The van der Waals surface area contributed by atoms with Crippen LogP contribution in [0.2, 0.25) is 0 Å². The number of aryl methyl sites for hydroxylation is 1. The van der Waals surface area contributed by atoms with Gasteiger partial charge in [0.15, 0.2) is 0 Å². The first-order valence-corrected chi connectivity index (χ1v) is 7.78. The third-order valence-electron chi connectivity index (χ3n) is 3.33. The van der Waals surface area contributed by atoms with Crippen LogP contribution in [0.25, 0.3) is 6.20 Å². The molecule has 0 N–H and O–H groups in total. The molecule has 1 aromatic rings. The molecule has 4 nitrogen and oxygen atoms in total. The molecule has 5 heteroatoms. The monoisotopic (exact) mass is 279 g/mol. The van der Waals surface area contributed by atoms with Gasteiger partial charge >= 0.3 is 7.60 Å². The standard InChI is InChI=1S/C14H18NO3P/c1-4-15-13(9-10-19(16,17-2)18-3)11-12-7-5-6-8-14(12)15/h4,11H,1,5-8H2,2-3H3. The summed E-state index contributed by atoms with van der Waals surface area (Å²) in [4.78, 5) is 0. The molecule has 0 aromatic carbocycles. The Bertz CT molecular complexity index is 584. The fourth-order valence-corrected chi connectivity index (χ4v) is 2.90. The van der Waals surface area contributed by atoms with E-state index in [9.17, 15) is 4.57 Å². The lowest BCUT2D eigenvalue weighted by molar-refractivity contribution is 0.288. The molecular weight excluding hydrogens is 261 g/mol. The van der Waals surface area contributed by atoms with E-state index < -0.39 is 7.60 Å². The van der Waals surface area contributed by atoms with Crippen LogP contribution >= 0.6 is 7.60 Å². The molecule has 0 saturated carbocycles. The number of hydrogen-bond donors (Lipinski definition) is 0. The van der Waals surface area contributed by atoms with Crippen molar-refractivity contribution in [2.75, 3.05) is 14.2 Å². The normalized spacial score (nSPS) is 14.4. The predicted molar refractivity (Wildman–Crippen MR) is 76.0 cm³/mol. The van der Waals surface area contributed by atoms with E-state index in [1.165, 1.54) is 38.3 Å². The minimum atomic E-state index is -3.29. The predicted octanol–water partition coefficient (Wildman–Crippen LogP) is 3.26. The Morgan fingerprint density at radius 3 is 2.68 bits per heavy atom. The van der Waals surface area contributed by atoms with Gasteiger partial charge in [0.2, 0.25) is 0 Å².